The molecule has 1 heterocycles. The summed E-state index contributed by atoms with van der Waals surface area (Å²) in [6.07, 6.45) is 6.61. The Morgan fingerprint density at radius 2 is 1.93 bits per heavy atom. The molecule has 1 aliphatic carbocycles. The van der Waals surface area contributed by atoms with Gasteiger partial charge in [0.2, 0.25) is 0 Å². The highest BCUT2D eigenvalue weighted by Gasteiger charge is 2.28. The summed E-state index contributed by atoms with van der Waals surface area (Å²) >= 11 is 0. The van der Waals surface area contributed by atoms with Gasteiger partial charge in [-0.3, -0.25) is 0 Å². The van der Waals surface area contributed by atoms with Gasteiger partial charge in [-0.15, -0.1) is 0 Å². The fourth-order valence-corrected chi connectivity index (χ4v) is 1.93. The van der Waals surface area contributed by atoms with Gasteiger partial charge in [0, 0.05) is 18.8 Å². The first-order valence-corrected chi connectivity index (χ1v) is 5.47. The van der Waals surface area contributed by atoms with Crippen LogP contribution in [0.5, 0.6) is 0 Å². The zero-order valence-electron chi connectivity index (χ0n) is 8.63. The summed E-state index contributed by atoms with van der Waals surface area (Å²) in [4.78, 5) is 6.67. The second kappa shape index (κ2) is 3.54. The summed E-state index contributed by atoms with van der Waals surface area (Å²) in [6.45, 7) is 1.01. The molecular formula is C13H14N2. The van der Waals surface area contributed by atoms with Crippen LogP contribution >= 0.6 is 0 Å². The van der Waals surface area contributed by atoms with E-state index in [9.17, 15) is 0 Å². The molecule has 1 saturated carbocycles. The fraction of sp³-hybridized carbons (Fsp3) is 0.308. The molecule has 0 unspecified atom stereocenters. The molecule has 0 bridgehead atoms. The summed E-state index contributed by atoms with van der Waals surface area (Å²) in [7, 11) is 0. The number of nitrogens with zero attached hydrogens (tertiary/aromatic N) is 2. The average Bonchev–Trinajstić information content (AvgIpc) is 3.14. The van der Waals surface area contributed by atoms with E-state index in [0.717, 1.165) is 12.6 Å². The summed E-state index contributed by atoms with van der Waals surface area (Å²) < 4.78 is 0. The third-order valence-electron chi connectivity index (χ3n) is 2.96. The Kier molecular flexibility index (Phi) is 2.05. The minimum atomic E-state index is 0.751. The molecule has 2 aliphatic rings. The van der Waals surface area contributed by atoms with Crippen molar-refractivity contribution >= 4 is 11.9 Å². The third kappa shape index (κ3) is 1.80. The highest BCUT2D eigenvalue weighted by atomic mass is 15.2. The molecule has 2 heteroatoms. The first kappa shape index (κ1) is 8.72. The molecule has 0 saturated heterocycles. The van der Waals surface area contributed by atoms with Gasteiger partial charge in [-0.05, 0) is 24.0 Å². The first-order chi connectivity index (χ1) is 7.43. The maximum atomic E-state index is 4.32. The van der Waals surface area contributed by atoms with Crippen LogP contribution in [0.1, 0.15) is 18.4 Å². The van der Waals surface area contributed by atoms with E-state index in [4.69, 9.17) is 0 Å². The van der Waals surface area contributed by atoms with Gasteiger partial charge in [-0.2, -0.15) is 0 Å². The minimum Gasteiger partial charge on any atom is -0.355 e. The van der Waals surface area contributed by atoms with Gasteiger partial charge in [0.1, 0.15) is 0 Å². The number of benzene rings is 1. The zero-order valence-corrected chi connectivity index (χ0v) is 8.63. The smallest absolute Gasteiger partial charge is 0.0910 e. The van der Waals surface area contributed by atoms with Gasteiger partial charge in [-0.1, -0.05) is 30.3 Å². The van der Waals surface area contributed by atoms with E-state index in [2.05, 4.69) is 40.2 Å². The topological polar surface area (TPSA) is 15.6 Å². The maximum absolute atomic E-state index is 4.32. The molecule has 0 spiro atoms. The van der Waals surface area contributed by atoms with E-state index in [1.807, 2.05) is 12.5 Å². The van der Waals surface area contributed by atoms with Crippen molar-refractivity contribution in [1.29, 1.82) is 0 Å². The molecule has 0 radical (unpaired) electrons. The Bertz CT molecular complexity index is 402. The number of hydrogen-bond donors (Lipinski definition) is 0. The Balaban J connectivity index is 1.82. The lowest BCUT2D eigenvalue weighted by Gasteiger charge is -2.23. The van der Waals surface area contributed by atoms with Crippen molar-refractivity contribution in [3.8, 4) is 0 Å². The monoisotopic (exact) mass is 198 g/mol. The third-order valence-corrected chi connectivity index (χ3v) is 2.96. The molecule has 1 fully saturated rings. The van der Waals surface area contributed by atoms with E-state index in [1.165, 1.54) is 24.0 Å². The fourth-order valence-electron chi connectivity index (χ4n) is 1.93. The van der Waals surface area contributed by atoms with E-state index < -0.39 is 0 Å². The molecule has 3 rings (SSSR count). The summed E-state index contributed by atoms with van der Waals surface area (Å²) in [5, 5.41) is 0. The summed E-state index contributed by atoms with van der Waals surface area (Å²) in [6, 6.07) is 11.3. The molecule has 1 aromatic carbocycles. The van der Waals surface area contributed by atoms with Crippen LogP contribution in [0.2, 0.25) is 0 Å². The largest absolute Gasteiger partial charge is 0.355 e. The molecule has 0 amide bonds. The van der Waals surface area contributed by atoms with Crippen molar-refractivity contribution in [2.75, 3.05) is 6.54 Å². The van der Waals surface area contributed by atoms with Crippen LogP contribution in [0.25, 0.3) is 5.57 Å². The van der Waals surface area contributed by atoms with Crippen LogP contribution in [-0.2, 0) is 0 Å². The van der Waals surface area contributed by atoms with Gasteiger partial charge in [0.25, 0.3) is 0 Å². The van der Waals surface area contributed by atoms with E-state index in [1.54, 1.807) is 0 Å². The van der Waals surface area contributed by atoms with E-state index >= 15 is 0 Å². The molecule has 1 aliphatic heterocycles. The summed E-state index contributed by atoms with van der Waals surface area (Å²) in [5.41, 5.74) is 2.62. The van der Waals surface area contributed by atoms with Crippen LogP contribution in [0.3, 0.4) is 0 Å². The molecule has 2 nitrogen and oxygen atoms in total. The van der Waals surface area contributed by atoms with Crippen LogP contribution in [0, 0.1) is 0 Å². The lowest BCUT2D eigenvalue weighted by molar-refractivity contribution is 0.468. The molecular weight excluding hydrogens is 184 g/mol. The standard InChI is InChI=1S/C13H14N2/c1-2-4-11(5-3-1)12-8-14-10-15(9-12)13-6-7-13/h1-5,8,10,13H,6-7,9H2. The molecule has 76 valence electrons. The molecule has 1 aromatic rings. The maximum Gasteiger partial charge on any atom is 0.0910 e. The van der Waals surface area contributed by atoms with E-state index in [-0.39, 0.29) is 0 Å². The van der Waals surface area contributed by atoms with E-state index in [0.29, 0.717) is 0 Å². The molecule has 15 heavy (non-hydrogen) atoms. The zero-order chi connectivity index (χ0) is 10.1. The number of rotatable bonds is 2. The Labute approximate surface area is 89.9 Å². The molecule has 0 atom stereocenters. The first-order valence-electron chi connectivity index (χ1n) is 5.47. The molecule has 0 N–H and O–H groups in total. The SMILES string of the molecule is C1=NC=C(c2ccccc2)CN1C1CC1. The normalized spacial score (nSPS) is 20.3. The average molecular weight is 198 g/mol. The Morgan fingerprint density at radius 3 is 2.67 bits per heavy atom. The van der Waals surface area contributed by atoms with Crippen molar-refractivity contribution < 1.29 is 0 Å². The van der Waals surface area contributed by atoms with Gasteiger partial charge in [-0.25, -0.2) is 4.99 Å². The second-order valence-electron chi connectivity index (χ2n) is 4.19. The summed E-state index contributed by atoms with van der Waals surface area (Å²) in [5.74, 6) is 0. The predicted octanol–water partition coefficient (Wildman–Crippen LogP) is 2.53. The minimum absolute atomic E-state index is 0.751. The van der Waals surface area contributed by atoms with Crippen LogP contribution in [0.4, 0.5) is 0 Å². The van der Waals surface area contributed by atoms with Gasteiger partial charge >= 0.3 is 0 Å². The quantitative estimate of drug-likeness (QED) is 0.713. The second-order valence-corrected chi connectivity index (χ2v) is 4.19. The van der Waals surface area contributed by atoms with Crippen LogP contribution in [-0.4, -0.2) is 23.8 Å². The van der Waals surface area contributed by atoms with Crippen molar-refractivity contribution in [2.45, 2.75) is 18.9 Å². The van der Waals surface area contributed by atoms with Gasteiger partial charge in [0.15, 0.2) is 0 Å². The Hall–Kier alpha value is -1.57. The van der Waals surface area contributed by atoms with Gasteiger partial charge < -0.3 is 4.90 Å². The van der Waals surface area contributed by atoms with Crippen LogP contribution < -0.4 is 0 Å². The molecule has 0 aromatic heterocycles. The number of aliphatic imine (C=N–C) groups is 1. The van der Waals surface area contributed by atoms with Crippen molar-refractivity contribution in [2.24, 2.45) is 4.99 Å². The van der Waals surface area contributed by atoms with Crippen molar-refractivity contribution in [3.63, 3.8) is 0 Å². The lowest BCUT2D eigenvalue weighted by Crippen LogP contribution is -2.28. The predicted molar refractivity (Wildman–Crippen MR) is 62.6 cm³/mol. The Morgan fingerprint density at radius 1 is 1.13 bits per heavy atom. The highest BCUT2D eigenvalue weighted by Crippen LogP contribution is 2.29. The highest BCUT2D eigenvalue weighted by molar-refractivity contribution is 5.74. The van der Waals surface area contributed by atoms with Gasteiger partial charge in [0.05, 0.1) is 6.34 Å². The van der Waals surface area contributed by atoms with Crippen LogP contribution in [0.15, 0.2) is 41.5 Å². The van der Waals surface area contributed by atoms with Crippen molar-refractivity contribution in [3.05, 3.63) is 42.1 Å². The number of hydrogen-bond acceptors (Lipinski definition) is 2. The van der Waals surface area contributed by atoms with Crippen molar-refractivity contribution in [1.82, 2.24) is 4.90 Å². The lowest BCUT2D eigenvalue weighted by atomic mass is 10.1.